The molecule has 0 bridgehead atoms. The Morgan fingerprint density at radius 3 is 2.16 bits per heavy atom. The molecule has 1 atom stereocenters. The van der Waals surface area contributed by atoms with Crippen LogP contribution in [0.25, 0.3) is 0 Å². The highest BCUT2D eigenvalue weighted by Gasteiger charge is 2.37. The van der Waals surface area contributed by atoms with Gasteiger partial charge in [0.1, 0.15) is 12.6 Å². The molecule has 0 unspecified atom stereocenters. The summed E-state index contributed by atoms with van der Waals surface area (Å²) in [5.41, 5.74) is 0.708. The molecule has 0 aliphatic rings. The van der Waals surface area contributed by atoms with Crippen LogP contribution in [0.4, 0.5) is 18.9 Å². The second-order valence-corrected chi connectivity index (χ2v) is 13.1. The summed E-state index contributed by atoms with van der Waals surface area (Å²) >= 11 is 5.81. The monoisotopic (exact) mass is 637 g/mol. The third-order valence-corrected chi connectivity index (χ3v) is 8.84. The van der Waals surface area contributed by atoms with Gasteiger partial charge in [0.2, 0.25) is 11.8 Å². The van der Waals surface area contributed by atoms with Crippen LogP contribution in [0.3, 0.4) is 0 Å². The van der Waals surface area contributed by atoms with E-state index in [4.69, 9.17) is 11.6 Å². The van der Waals surface area contributed by atoms with Crippen molar-refractivity contribution in [2.24, 2.45) is 5.92 Å². The van der Waals surface area contributed by atoms with Gasteiger partial charge in [-0.15, -0.1) is 0 Å². The average Bonchev–Trinajstić information content (AvgIpc) is 2.92. The number of nitrogens with zero attached hydrogens (tertiary/aromatic N) is 2. The molecule has 232 valence electrons. The van der Waals surface area contributed by atoms with E-state index >= 15 is 0 Å². The minimum absolute atomic E-state index is 0.0381. The van der Waals surface area contributed by atoms with Gasteiger partial charge in [-0.2, -0.15) is 13.2 Å². The van der Waals surface area contributed by atoms with E-state index in [0.717, 1.165) is 23.3 Å². The van der Waals surface area contributed by atoms with Crippen molar-refractivity contribution in [2.45, 2.75) is 58.3 Å². The third kappa shape index (κ3) is 8.73. The third-order valence-electron chi connectivity index (χ3n) is 6.72. The molecule has 1 N–H and O–H groups in total. The van der Waals surface area contributed by atoms with Crippen LogP contribution < -0.4 is 9.62 Å². The Morgan fingerprint density at radius 1 is 0.930 bits per heavy atom. The number of carbonyl (C=O) groups is 2. The van der Waals surface area contributed by atoms with Crippen molar-refractivity contribution in [1.29, 1.82) is 0 Å². The number of sulfonamides is 1. The minimum Gasteiger partial charge on any atom is -0.354 e. The van der Waals surface area contributed by atoms with Gasteiger partial charge in [0.15, 0.2) is 0 Å². The molecular weight excluding hydrogens is 603 g/mol. The number of hydrogen-bond donors (Lipinski definition) is 1. The lowest BCUT2D eigenvalue weighted by atomic mass is 10.1. The molecule has 0 radical (unpaired) electrons. The molecule has 0 aliphatic heterocycles. The number of carbonyl (C=O) groups excluding carboxylic acids is 2. The summed E-state index contributed by atoms with van der Waals surface area (Å²) in [4.78, 5) is 28.1. The Labute approximate surface area is 255 Å². The fraction of sp³-hybridized carbons (Fsp3) is 0.355. The normalized spacial score (nSPS) is 12.6. The van der Waals surface area contributed by atoms with Gasteiger partial charge in [0.25, 0.3) is 10.0 Å². The maximum Gasteiger partial charge on any atom is 0.417 e. The largest absolute Gasteiger partial charge is 0.417 e. The molecule has 0 saturated heterocycles. The Hall–Kier alpha value is -3.57. The van der Waals surface area contributed by atoms with Gasteiger partial charge in [0.05, 0.1) is 21.2 Å². The quantitative estimate of drug-likeness (QED) is 0.265. The van der Waals surface area contributed by atoms with Gasteiger partial charge >= 0.3 is 6.18 Å². The number of rotatable bonds is 11. The lowest BCUT2D eigenvalue weighted by molar-refractivity contribution is -0.139. The first-order valence-electron chi connectivity index (χ1n) is 13.6. The van der Waals surface area contributed by atoms with Gasteiger partial charge in [-0.3, -0.25) is 13.9 Å². The van der Waals surface area contributed by atoms with Crippen LogP contribution in [0.1, 0.15) is 43.0 Å². The van der Waals surface area contributed by atoms with Crippen LogP contribution >= 0.6 is 11.6 Å². The maximum absolute atomic E-state index is 14.0. The number of anilines is 1. The summed E-state index contributed by atoms with van der Waals surface area (Å²) in [5.74, 6) is -1.10. The molecule has 0 aromatic heterocycles. The molecule has 12 heteroatoms. The molecule has 0 spiro atoms. The second-order valence-electron chi connectivity index (χ2n) is 10.8. The summed E-state index contributed by atoms with van der Waals surface area (Å²) in [6, 6.07) is 14.6. The minimum atomic E-state index is -4.88. The number of halogens is 4. The van der Waals surface area contributed by atoms with E-state index in [0.29, 0.717) is 22.5 Å². The Bertz CT molecular complexity index is 1560. The predicted octanol–water partition coefficient (Wildman–Crippen LogP) is 6.36. The Kier molecular flexibility index (Phi) is 10.9. The van der Waals surface area contributed by atoms with Crippen molar-refractivity contribution >= 4 is 39.1 Å². The molecule has 2 amide bonds. The highest BCUT2D eigenvalue weighted by Crippen LogP contribution is 2.38. The molecule has 0 aliphatic carbocycles. The molecule has 3 rings (SSSR count). The molecular formula is C31H35ClF3N3O4S. The van der Waals surface area contributed by atoms with E-state index in [2.05, 4.69) is 5.32 Å². The first-order chi connectivity index (χ1) is 20.0. The standard InChI is InChI=1S/C31H35ClF3N3O4S/c1-20(2)17-36-30(40)23(5)37(18-24-8-6-7-22(4)15-24)29(39)19-38(43(41,42)26-12-9-21(3)10-13-26)25-11-14-28(32)27(16-25)31(33,34)35/h6-16,20,23H,17-19H2,1-5H3,(H,36,40)/t23-/m0/s1. The fourth-order valence-corrected chi connectivity index (χ4v) is 5.92. The predicted molar refractivity (Wildman–Crippen MR) is 161 cm³/mol. The van der Waals surface area contributed by atoms with Gasteiger partial charge < -0.3 is 10.2 Å². The van der Waals surface area contributed by atoms with E-state index in [1.165, 1.54) is 24.0 Å². The Balaban J connectivity index is 2.11. The lowest BCUT2D eigenvalue weighted by Gasteiger charge is -2.32. The molecule has 0 heterocycles. The Morgan fingerprint density at radius 2 is 1.58 bits per heavy atom. The van der Waals surface area contributed by atoms with Crippen LogP contribution in [0, 0.1) is 19.8 Å². The van der Waals surface area contributed by atoms with Crippen molar-refractivity contribution < 1.29 is 31.2 Å². The molecule has 0 saturated carbocycles. The zero-order chi connectivity index (χ0) is 32.1. The smallest absolute Gasteiger partial charge is 0.354 e. The average molecular weight is 638 g/mol. The summed E-state index contributed by atoms with van der Waals surface area (Å²) in [7, 11) is -4.55. The molecule has 43 heavy (non-hydrogen) atoms. The van der Waals surface area contributed by atoms with Crippen LogP contribution in [-0.4, -0.2) is 44.3 Å². The highest BCUT2D eigenvalue weighted by molar-refractivity contribution is 7.92. The topological polar surface area (TPSA) is 86.8 Å². The zero-order valence-corrected chi connectivity index (χ0v) is 26.1. The number of hydrogen-bond acceptors (Lipinski definition) is 4. The molecule has 0 fully saturated rings. The number of benzene rings is 3. The van der Waals surface area contributed by atoms with Gasteiger partial charge in [-0.05, 0) is 62.6 Å². The van der Waals surface area contributed by atoms with Crippen LogP contribution in [0.2, 0.25) is 5.02 Å². The number of alkyl halides is 3. The van der Waals surface area contributed by atoms with Crippen molar-refractivity contribution in [3.8, 4) is 0 Å². The van der Waals surface area contributed by atoms with Crippen LogP contribution in [0.15, 0.2) is 71.6 Å². The second kappa shape index (κ2) is 13.8. The number of amides is 2. The van der Waals surface area contributed by atoms with E-state index in [1.54, 1.807) is 31.2 Å². The van der Waals surface area contributed by atoms with Crippen molar-refractivity contribution in [1.82, 2.24) is 10.2 Å². The summed E-state index contributed by atoms with van der Waals surface area (Å²) < 4.78 is 69.7. The summed E-state index contributed by atoms with van der Waals surface area (Å²) in [5, 5.41) is 2.17. The van der Waals surface area contributed by atoms with E-state index in [9.17, 15) is 31.2 Å². The van der Waals surface area contributed by atoms with E-state index < -0.39 is 56.9 Å². The zero-order valence-electron chi connectivity index (χ0n) is 24.6. The van der Waals surface area contributed by atoms with Crippen molar-refractivity contribution in [3.63, 3.8) is 0 Å². The van der Waals surface area contributed by atoms with Crippen molar-refractivity contribution in [3.05, 3.63) is 94.0 Å². The fourth-order valence-electron chi connectivity index (χ4n) is 4.29. The molecule has 3 aromatic carbocycles. The van der Waals surface area contributed by atoms with Crippen molar-refractivity contribution in [2.75, 3.05) is 17.4 Å². The first-order valence-corrected chi connectivity index (χ1v) is 15.4. The highest BCUT2D eigenvalue weighted by atomic mass is 35.5. The van der Waals surface area contributed by atoms with E-state index in [1.807, 2.05) is 32.9 Å². The van der Waals surface area contributed by atoms with E-state index in [-0.39, 0.29) is 17.4 Å². The number of nitrogens with one attached hydrogen (secondary N) is 1. The first kappa shape index (κ1) is 33.9. The van der Waals surface area contributed by atoms with Crippen LogP contribution in [0.5, 0.6) is 0 Å². The molecule has 7 nitrogen and oxygen atoms in total. The summed E-state index contributed by atoms with van der Waals surface area (Å²) in [6.07, 6.45) is -4.88. The maximum atomic E-state index is 14.0. The van der Waals surface area contributed by atoms with Gasteiger partial charge in [-0.1, -0.05) is 73.0 Å². The number of aryl methyl sites for hydroxylation is 2. The lowest BCUT2D eigenvalue weighted by Crippen LogP contribution is -2.51. The van der Waals surface area contributed by atoms with Crippen LogP contribution in [-0.2, 0) is 32.3 Å². The molecule has 3 aromatic rings. The SMILES string of the molecule is Cc1ccc(S(=O)(=O)N(CC(=O)N(Cc2cccc(C)c2)[C@@H](C)C(=O)NCC(C)C)c2ccc(Cl)c(C(F)(F)F)c2)cc1. The summed E-state index contributed by atoms with van der Waals surface area (Å²) in [6.45, 7) is 8.41. The van der Waals surface area contributed by atoms with Gasteiger partial charge in [0, 0.05) is 13.1 Å². The van der Waals surface area contributed by atoms with Gasteiger partial charge in [-0.25, -0.2) is 8.42 Å².